The van der Waals surface area contributed by atoms with Crippen LogP contribution in [0.2, 0.25) is 0 Å². The van der Waals surface area contributed by atoms with Gasteiger partial charge in [0, 0.05) is 19.0 Å². The molecule has 0 radical (unpaired) electrons. The summed E-state index contributed by atoms with van der Waals surface area (Å²) >= 11 is 0. The van der Waals surface area contributed by atoms with Gasteiger partial charge in [0.25, 0.3) is 0 Å². The van der Waals surface area contributed by atoms with Crippen LogP contribution in [0.15, 0.2) is 39.7 Å². The van der Waals surface area contributed by atoms with Crippen LogP contribution in [-0.4, -0.2) is 36.9 Å². The molecule has 0 saturated carbocycles. The van der Waals surface area contributed by atoms with E-state index >= 15 is 0 Å². The van der Waals surface area contributed by atoms with Crippen molar-refractivity contribution in [3.8, 4) is 11.6 Å². The number of nitrogens with one attached hydrogen (secondary N) is 1. The molecule has 3 heterocycles. The molecule has 2 N–H and O–H groups in total. The fourth-order valence-electron chi connectivity index (χ4n) is 2.10. The molecule has 0 aliphatic rings. The Bertz CT molecular complexity index is 909. The van der Waals surface area contributed by atoms with Crippen molar-refractivity contribution < 1.29 is 23.6 Å². The maximum atomic E-state index is 12.0. The number of nitrogens with zero attached hydrogens (tertiary/aromatic N) is 4. The third kappa shape index (κ3) is 3.63. The summed E-state index contributed by atoms with van der Waals surface area (Å²) in [5, 5.41) is 19.6. The number of furan rings is 1. The maximum absolute atomic E-state index is 12.0. The Morgan fingerprint density at radius 1 is 1.38 bits per heavy atom. The molecule has 0 bridgehead atoms. The lowest BCUT2D eigenvalue weighted by Gasteiger charge is -2.19. The first-order valence-corrected chi connectivity index (χ1v) is 7.81. The SMILES string of the molecule is CC(C)(C(=O)O)n1cc(NC(=O)CCc2nc(-c3ccco3)no2)cn1. The summed E-state index contributed by atoms with van der Waals surface area (Å²) in [5.74, 6) is -0.188. The van der Waals surface area contributed by atoms with E-state index in [1.165, 1.54) is 37.2 Å². The number of carbonyl (C=O) groups excluding carboxylic acids is 1. The van der Waals surface area contributed by atoms with E-state index in [9.17, 15) is 14.7 Å². The minimum atomic E-state index is -1.21. The van der Waals surface area contributed by atoms with E-state index in [-0.39, 0.29) is 18.7 Å². The number of carboxylic acids is 1. The summed E-state index contributed by atoms with van der Waals surface area (Å²) in [5.41, 5.74) is -0.805. The molecule has 3 rings (SSSR count). The highest BCUT2D eigenvalue weighted by Crippen LogP contribution is 2.18. The first-order valence-electron chi connectivity index (χ1n) is 7.81. The minimum Gasteiger partial charge on any atom is -0.479 e. The molecule has 0 fully saturated rings. The van der Waals surface area contributed by atoms with E-state index in [4.69, 9.17) is 8.94 Å². The van der Waals surface area contributed by atoms with E-state index in [0.717, 1.165) is 0 Å². The molecule has 3 aromatic rings. The number of aryl methyl sites for hydroxylation is 1. The predicted octanol–water partition coefficient (Wildman–Crippen LogP) is 1.92. The summed E-state index contributed by atoms with van der Waals surface area (Å²) in [6.07, 6.45) is 4.74. The van der Waals surface area contributed by atoms with Gasteiger partial charge in [0.1, 0.15) is 0 Å². The Hall–Kier alpha value is -3.43. The van der Waals surface area contributed by atoms with E-state index in [2.05, 4.69) is 20.6 Å². The van der Waals surface area contributed by atoms with Crippen molar-refractivity contribution in [2.45, 2.75) is 32.2 Å². The quantitative estimate of drug-likeness (QED) is 0.653. The highest BCUT2D eigenvalue weighted by atomic mass is 16.5. The second-order valence-electron chi connectivity index (χ2n) is 6.07. The largest absolute Gasteiger partial charge is 0.479 e. The van der Waals surface area contributed by atoms with Gasteiger partial charge in [-0.15, -0.1) is 0 Å². The van der Waals surface area contributed by atoms with Gasteiger partial charge in [-0.2, -0.15) is 10.1 Å². The Morgan fingerprint density at radius 3 is 2.88 bits per heavy atom. The van der Waals surface area contributed by atoms with Crippen molar-refractivity contribution in [3.05, 3.63) is 36.7 Å². The second kappa shape index (κ2) is 6.82. The van der Waals surface area contributed by atoms with Gasteiger partial charge >= 0.3 is 5.97 Å². The topological polar surface area (TPSA) is 136 Å². The molecule has 10 heteroatoms. The number of rotatable bonds is 7. The number of aromatic nitrogens is 4. The molecule has 0 spiro atoms. The average Bonchev–Trinajstić information content (AvgIpc) is 3.33. The minimum absolute atomic E-state index is 0.118. The Morgan fingerprint density at radius 2 is 2.19 bits per heavy atom. The molecule has 0 aliphatic heterocycles. The third-order valence-corrected chi connectivity index (χ3v) is 3.74. The smallest absolute Gasteiger partial charge is 0.331 e. The van der Waals surface area contributed by atoms with E-state index in [1.54, 1.807) is 12.1 Å². The standard InChI is InChI=1S/C16H17N5O5/c1-16(2,15(23)24)21-9-10(8-17-21)18-12(22)5-6-13-19-14(20-26-13)11-4-3-7-25-11/h3-4,7-9H,5-6H2,1-2H3,(H,18,22)(H,23,24). The average molecular weight is 359 g/mol. The number of anilines is 1. The van der Waals surface area contributed by atoms with E-state index in [0.29, 0.717) is 23.2 Å². The molecule has 136 valence electrons. The van der Waals surface area contributed by atoms with Gasteiger partial charge < -0.3 is 19.4 Å². The Balaban J connectivity index is 1.55. The number of carbonyl (C=O) groups is 2. The molecule has 0 aromatic carbocycles. The van der Waals surface area contributed by atoms with E-state index < -0.39 is 11.5 Å². The van der Waals surface area contributed by atoms with Crippen molar-refractivity contribution >= 4 is 17.6 Å². The fraction of sp³-hybridized carbons (Fsp3) is 0.312. The number of hydrogen-bond donors (Lipinski definition) is 2. The maximum Gasteiger partial charge on any atom is 0.331 e. The number of amides is 1. The van der Waals surface area contributed by atoms with Crippen molar-refractivity contribution in [1.82, 2.24) is 19.9 Å². The lowest BCUT2D eigenvalue weighted by atomic mass is 10.1. The fourth-order valence-corrected chi connectivity index (χ4v) is 2.10. The van der Waals surface area contributed by atoms with Crippen LogP contribution in [0.3, 0.4) is 0 Å². The molecule has 10 nitrogen and oxygen atoms in total. The third-order valence-electron chi connectivity index (χ3n) is 3.74. The van der Waals surface area contributed by atoms with Crippen molar-refractivity contribution in [1.29, 1.82) is 0 Å². The normalized spacial score (nSPS) is 11.5. The van der Waals surface area contributed by atoms with Crippen LogP contribution in [0.1, 0.15) is 26.2 Å². The van der Waals surface area contributed by atoms with Gasteiger partial charge in [-0.3, -0.25) is 9.48 Å². The van der Waals surface area contributed by atoms with Crippen LogP contribution >= 0.6 is 0 Å². The van der Waals surface area contributed by atoms with Gasteiger partial charge in [-0.25, -0.2) is 4.79 Å². The molecular weight excluding hydrogens is 342 g/mol. The summed E-state index contributed by atoms with van der Waals surface area (Å²) in [7, 11) is 0. The van der Waals surface area contributed by atoms with Crippen LogP contribution < -0.4 is 5.32 Å². The van der Waals surface area contributed by atoms with Gasteiger partial charge in [0.2, 0.25) is 17.6 Å². The van der Waals surface area contributed by atoms with Crippen LogP contribution in [0, 0.1) is 0 Å². The summed E-state index contributed by atoms with van der Waals surface area (Å²) in [6, 6.07) is 3.42. The zero-order valence-corrected chi connectivity index (χ0v) is 14.2. The highest BCUT2D eigenvalue weighted by molar-refractivity contribution is 5.90. The van der Waals surface area contributed by atoms with Crippen LogP contribution in [-0.2, 0) is 21.5 Å². The predicted molar refractivity (Wildman–Crippen MR) is 88.1 cm³/mol. The van der Waals surface area contributed by atoms with Crippen LogP contribution in [0.25, 0.3) is 11.6 Å². The monoisotopic (exact) mass is 359 g/mol. The lowest BCUT2D eigenvalue weighted by molar-refractivity contribution is -0.146. The zero-order valence-electron chi connectivity index (χ0n) is 14.2. The number of aliphatic carboxylic acids is 1. The molecule has 0 saturated heterocycles. The zero-order chi connectivity index (χ0) is 18.7. The van der Waals surface area contributed by atoms with Gasteiger partial charge in [0.05, 0.1) is 18.1 Å². The molecule has 0 unspecified atom stereocenters. The number of hydrogen-bond acceptors (Lipinski definition) is 7. The first-order chi connectivity index (χ1) is 12.4. The second-order valence-corrected chi connectivity index (χ2v) is 6.07. The lowest BCUT2D eigenvalue weighted by Crippen LogP contribution is -2.35. The van der Waals surface area contributed by atoms with Crippen molar-refractivity contribution in [2.75, 3.05) is 5.32 Å². The first kappa shape index (κ1) is 17.4. The summed E-state index contributed by atoms with van der Waals surface area (Å²) < 4.78 is 11.5. The van der Waals surface area contributed by atoms with Gasteiger partial charge in [0.15, 0.2) is 11.3 Å². The van der Waals surface area contributed by atoms with Gasteiger partial charge in [-0.05, 0) is 26.0 Å². The Labute approximate surface area is 147 Å². The molecule has 0 aliphatic carbocycles. The van der Waals surface area contributed by atoms with Crippen LogP contribution in [0.4, 0.5) is 5.69 Å². The molecule has 26 heavy (non-hydrogen) atoms. The molecule has 1 amide bonds. The van der Waals surface area contributed by atoms with Crippen molar-refractivity contribution in [3.63, 3.8) is 0 Å². The van der Waals surface area contributed by atoms with E-state index in [1.807, 2.05) is 0 Å². The number of carboxylic acid groups (broad SMARTS) is 1. The summed E-state index contributed by atoms with van der Waals surface area (Å²) in [6.45, 7) is 3.03. The highest BCUT2D eigenvalue weighted by Gasteiger charge is 2.30. The van der Waals surface area contributed by atoms with Crippen LogP contribution in [0.5, 0.6) is 0 Å². The molecule has 3 aromatic heterocycles. The summed E-state index contributed by atoms with van der Waals surface area (Å²) in [4.78, 5) is 27.4. The molecular formula is C16H17N5O5. The van der Waals surface area contributed by atoms with Crippen molar-refractivity contribution in [2.24, 2.45) is 0 Å². The molecule has 0 atom stereocenters. The van der Waals surface area contributed by atoms with Gasteiger partial charge in [-0.1, -0.05) is 5.16 Å². The Kier molecular flexibility index (Phi) is 4.57.